The highest BCUT2D eigenvalue weighted by atomic mass is 19.2. The van der Waals surface area contributed by atoms with Crippen molar-refractivity contribution in [1.29, 1.82) is 0 Å². The van der Waals surface area contributed by atoms with Crippen molar-refractivity contribution in [2.75, 3.05) is 0 Å². The lowest BCUT2D eigenvalue weighted by molar-refractivity contribution is -0.140. The maximum Gasteiger partial charge on any atom is 0.343 e. The van der Waals surface area contributed by atoms with Gasteiger partial charge in [0, 0.05) is 0 Å². The van der Waals surface area contributed by atoms with E-state index in [1.165, 1.54) is 0 Å². The number of aliphatic carboxylic acids is 2. The van der Waals surface area contributed by atoms with Crippen LogP contribution in [0.5, 0.6) is 0 Å². The lowest BCUT2D eigenvalue weighted by Crippen LogP contribution is -2.12. The number of halogens is 5. The normalized spacial score (nSPS) is 10.2. The second kappa shape index (κ2) is 5.04. The van der Waals surface area contributed by atoms with Crippen molar-refractivity contribution in [2.24, 2.45) is 0 Å². The fraction of sp³-hybridized carbons (Fsp3) is 0. The quantitative estimate of drug-likeness (QED) is 0.222. The SMILES string of the molecule is O=C(O)C(=Cc1c(F)c(F)c(F)c(F)c1F)C(=O)O. The minimum Gasteiger partial charge on any atom is -0.477 e. The first-order chi connectivity index (χ1) is 8.68. The fourth-order valence-corrected chi connectivity index (χ4v) is 1.11. The van der Waals surface area contributed by atoms with Crippen molar-refractivity contribution >= 4 is 18.0 Å². The Morgan fingerprint density at radius 2 is 1.05 bits per heavy atom. The molecule has 2 N–H and O–H groups in total. The molecule has 0 radical (unpaired) electrons. The zero-order chi connectivity index (χ0) is 14.9. The van der Waals surface area contributed by atoms with E-state index in [2.05, 4.69) is 0 Å². The highest BCUT2D eigenvalue weighted by Crippen LogP contribution is 2.25. The van der Waals surface area contributed by atoms with Gasteiger partial charge >= 0.3 is 11.9 Å². The molecule has 0 amide bonds. The molecule has 0 atom stereocenters. The predicted molar refractivity (Wildman–Crippen MR) is 49.5 cm³/mol. The molecule has 0 bridgehead atoms. The van der Waals surface area contributed by atoms with Gasteiger partial charge in [0.1, 0.15) is 5.57 Å². The van der Waals surface area contributed by atoms with Gasteiger partial charge < -0.3 is 10.2 Å². The highest BCUT2D eigenvalue weighted by molar-refractivity contribution is 6.16. The Kier molecular flexibility index (Phi) is 3.88. The summed E-state index contributed by atoms with van der Waals surface area (Å²) in [6, 6.07) is 0. The molecule has 0 aliphatic carbocycles. The van der Waals surface area contributed by atoms with E-state index in [1.54, 1.807) is 0 Å². The maximum absolute atomic E-state index is 13.1. The van der Waals surface area contributed by atoms with E-state index in [1.807, 2.05) is 0 Å². The second-order valence-corrected chi connectivity index (χ2v) is 3.15. The van der Waals surface area contributed by atoms with Gasteiger partial charge in [0.25, 0.3) is 0 Å². The highest BCUT2D eigenvalue weighted by Gasteiger charge is 2.26. The van der Waals surface area contributed by atoms with Crippen LogP contribution < -0.4 is 0 Å². The van der Waals surface area contributed by atoms with Gasteiger partial charge in [-0.25, -0.2) is 31.5 Å². The van der Waals surface area contributed by atoms with Gasteiger partial charge in [-0.05, 0) is 6.08 Å². The van der Waals surface area contributed by atoms with Crippen LogP contribution in [0.4, 0.5) is 22.0 Å². The van der Waals surface area contributed by atoms with Crippen molar-refractivity contribution in [3.05, 3.63) is 40.2 Å². The molecule has 0 saturated heterocycles. The van der Waals surface area contributed by atoms with E-state index in [4.69, 9.17) is 10.2 Å². The lowest BCUT2D eigenvalue weighted by atomic mass is 10.1. The van der Waals surface area contributed by atoms with E-state index < -0.39 is 52.2 Å². The number of carboxylic acid groups (broad SMARTS) is 2. The number of benzene rings is 1. The summed E-state index contributed by atoms with van der Waals surface area (Å²) in [6.45, 7) is 0. The zero-order valence-corrected chi connectivity index (χ0v) is 8.68. The number of hydrogen-bond donors (Lipinski definition) is 2. The summed E-state index contributed by atoms with van der Waals surface area (Å²) < 4.78 is 64.5. The van der Waals surface area contributed by atoms with Crippen LogP contribution in [0.2, 0.25) is 0 Å². The van der Waals surface area contributed by atoms with Crippen LogP contribution in [-0.2, 0) is 9.59 Å². The lowest BCUT2D eigenvalue weighted by Gasteiger charge is -2.05. The van der Waals surface area contributed by atoms with Crippen LogP contribution in [0.1, 0.15) is 5.56 Å². The van der Waals surface area contributed by atoms with Crippen molar-refractivity contribution in [1.82, 2.24) is 0 Å². The predicted octanol–water partition coefficient (Wildman–Crippen LogP) is 1.93. The van der Waals surface area contributed by atoms with Gasteiger partial charge in [-0.1, -0.05) is 0 Å². The summed E-state index contributed by atoms with van der Waals surface area (Å²) in [4.78, 5) is 20.9. The molecule has 102 valence electrons. The molecule has 0 aromatic heterocycles. The van der Waals surface area contributed by atoms with Gasteiger partial charge in [0.05, 0.1) is 5.56 Å². The molecule has 1 aromatic carbocycles. The van der Waals surface area contributed by atoms with Gasteiger partial charge in [-0.15, -0.1) is 0 Å². The van der Waals surface area contributed by atoms with Gasteiger partial charge in [0.15, 0.2) is 23.3 Å². The van der Waals surface area contributed by atoms with Crippen molar-refractivity contribution in [3.8, 4) is 0 Å². The van der Waals surface area contributed by atoms with Gasteiger partial charge in [0.2, 0.25) is 5.82 Å². The zero-order valence-electron chi connectivity index (χ0n) is 8.68. The minimum atomic E-state index is -2.43. The largest absolute Gasteiger partial charge is 0.477 e. The van der Waals surface area contributed by atoms with Crippen LogP contribution >= 0.6 is 0 Å². The van der Waals surface area contributed by atoms with E-state index in [0.29, 0.717) is 0 Å². The standard InChI is InChI=1S/C10H3F5O4/c11-4-2(1-3(9(16)17)10(18)19)5(12)7(14)8(15)6(4)13/h1H,(H,16,17)(H,18,19). The molecular weight excluding hydrogens is 279 g/mol. The molecule has 0 saturated carbocycles. The Morgan fingerprint density at radius 3 is 1.37 bits per heavy atom. The van der Waals surface area contributed by atoms with Crippen molar-refractivity contribution in [3.63, 3.8) is 0 Å². The molecule has 0 heterocycles. The Labute approximate surface area is 101 Å². The van der Waals surface area contributed by atoms with E-state index in [9.17, 15) is 31.5 Å². The van der Waals surface area contributed by atoms with Crippen LogP contribution in [-0.4, -0.2) is 22.2 Å². The Hall–Kier alpha value is -2.45. The molecule has 4 nitrogen and oxygen atoms in total. The molecular formula is C10H3F5O4. The molecule has 9 heteroatoms. The first-order valence-electron chi connectivity index (χ1n) is 4.38. The van der Waals surface area contributed by atoms with Crippen LogP contribution in [0.15, 0.2) is 5.57 Å². The number of carboxylic acids is 2. The van der Waals surface area contributed by atoms with Gasteiger partial charge in [-0.2, -0.15) is 0 Å². The smallest absolute Gasteiger partial charge is 0.343 e. The van der Waals surface area contributed by atoms with Crippen LogP contribution in [0.3, 0.4) is 0 Å². The fourth-order valence-electron chi connectivity index (χ4n) is 1.11. The van der Waals surface area contributed by atoms with Crippen LogP contribution in [0.25, 0.3) is 6.08 Å². The Morgan fingerprint density at radius 1 is 0.737 bits per heavy atom. The molecule has 1 rings (SSSR count). The molecule has 19 heavy (non-hydrogen) atoms. The third-order valence-corrected chi connectivity index (χ3v) is 1.99. The first-order valence-corrected chi connectivity index (χ1v) is 4.38. The Bertz CT molecular complexity index is 563. The molecule has 0 fully saturated rings. The van der Waals surface area contributed by atoms with Crippen LogP contribution in [0, 0.1) is 29.1 Å². The third-order valence-electron chi connectivity index (χ3n) is 1.99. The molecule has 0 aliphatic rings. The van der Waals surface area contributed by atoms with E-state index >= 15 is 0 Å². The molecule has 0 spiro atoms. The molecule has 1 aromatic rings. The maximum atomic E-state index is 13.1. The average Bonchev–Trinajstić information content (AvgIpc) is 2.33. The third kappa shape index (κ3) is 2.54. The summed E-state index contributed by atoms with van der Waals surface area (Å²) in [7, 11) is 0. The topological polar surface area (TPSA) is 74.6 Å². The number of hydrogen-bond acceptors (Lipinski definition) is 2. The molecule has 0 unspecified atom stereocenters. The van der Waals surface area contributed by atoms with Gasteiger partial charge in [-0.3, -0.25) is 0 Å². The summed E-state index contributed by atoms with van der Waals surface area (Å²) in [5.74, 6) is -15.9. The van der Waals surface area contributed by atoms with Crippen molar-refractivity contribution < 1.29 is 41.8 Å². The minimum absolute atomic E-state index is 0.152. The summed E-state index contributed by atoms with van der Waals surface area (Å²) >= 11 is 0. The second-order valence-electron chi connectivity index (χ2n) is 3.15. The van der Waals surface area contributed by atoms with E-state index in [0.717, 1.165) is 0 Å². The summed E-state index contributed by atoms with van der Waals surface area (Å²) in [6.07, 6.45) is -0.152. The average molecular weight is 282 g/mol. The number of carbonyl (C=O) groups is 2. The Balaban J connectivity index is 3.65. The molecule has 0 aliphatic heterocycles. The summed E-state index contributed by atoms with van der Waals surface area (Å²) in [5, 5.41) is 16.8. The first kappa shape index (κ1) is 14.6. The van der Waals surface area contributed by atoms with E-state index in [-0.39, 0.29) is 6.08 Å². The monoisotopic (exact) mass is 282 g/mol. The number of rotatable bonds is 3. The van der Waals surface area contributed by atoms with Crippen molar-refractivity contribution in [2.45, 2.75) is 0 Å². The summed E-state index contributed by atoms with van der Waals surface area (Å²) in [5.41, 5.74) is -3.19.